The zero-order valence-electron chi connectivity index (χ0n) is 5.55. The Balaban J connectivity index is 2.86. The van der Waals surface area contributed by atoms with E-state index in [1.54, 1.807) is 0 Å². The van der Waals surface area contributed by atoms with E-state index in [1.807, 2.05) is 6.92 Å². The number of rotatable bonds is 4. The van der Waals surface area contributed by atoms with Crippen molar-refractivity contribution in [1.29, 1.82) is 0 Å². The van der Waals surface area contributed by atoms with Crippen molar-refractivity contribution in [2.24, 2.45) is 0 Å². The molecular formula is C6H13NO. The lowest BCUT2D eigenvalue weighted by atomic mass is 10.2. The summed E-state index contributed by atoms with van der Waals surface area (Å²) in [4.78, 5) is 4.05. The van der Waals surface area contributed by atoms with E-state index >= 15 is 0 Å². The van der Waals surface area contributed by atoms with Gasteiger partial charge in [-0.15, -0.1) is 0 Å². The molecule has 8 heavy (non-hydrogen) atoms. The van der Waals surface area contributed by atoms with Gasteiger partial charge in [0.05, 0.1) is 6.10 Å². The fraction of sp³-hybridized carbons (Fsp3) is 1.00. The lowest BCUT2D eigenvalue weighted by molar-refractivity contribution is 0.0429. The maximum atomic E-state index is 8.06. The van der Waals surface area contributed by atoms with E-state index in [0.717, 1.165) is 19.3 Å². The third kappa shape index (κ3) is 4.09. The van der Waals surface area contributed by atoms with E-state index < -0.39 is 0 Å². The van der Waals surface area contributed by atoms with Gasteiger partial charge in [-0.05, 0) is 13.3 Å². The fourth-order valence-electron chi connectivity index (χ4n) is 0.544. The molecule has 0 rings (SSSR count). The molecule has 0 aliphatic carbocycles. The van der Waals surface area contributed by atoms with Crippen molar-refractivity contribution < 1.29 is 4.84 Å². The second kappa shape index (κ2) is 5.06. The van der Waals surface area contributed by atoms with Crippen LogP contribution in [0.15, 0.2) is 0 Å². The third-order valence-corrected chi connectivity index (χ3v) is 1.14. The van der Waals surface area contributed by atoms with Gasteiger partial charge in [-0.1, -0.05) is 19.8 Å². The van der Waals surface area contributed by atoms with Crippen LogP contribution in [0.25, 0.3) is 0 Å². The summed E-state index contributed by atoms with van der Waals surface area (Å²) in [5, 5.41) is 0. The van der Waals surface area contributed by atoms with Crippen LogP contribution in [0.1, 0.15) is 33.1 Å². The normalized spacial score (nSPS) is 13.9. The largest absolute Gasteiger partial charge is 0.261 e. The maximum Gasteiger partial charge on any atom is 0.0800 e. The second-order valence-electron chi connectivity index (χ2n) is 2.06. The summed E-state index contributed by atoms with van der Waals surface area (Å²) in [7, 11) is 0. The highest BCUT2D eigenvalue weighted by molar-refractivity contribution is 4.46. The Hall–Kier alpha value is -0.0800. The van der Waals surface area contributed by atoms with Crippen LogP contribution in [0.3, 0.4) is 0 Å². The Bertz CT molecular complexity index is 47.8. The van der Waals surface area contributed by atoms with Crippen LogP contribution in [-0.4, -0.2) is 6.10 Å². The van der Waals surface area contributed by atoms with Crippen LogP contribution in [0.4, 0.5) is 0 Å². The van der Waals surface area contributed by atoms with Gasteiger partial charge in [0.15, 0.2) is 0 Å². The van der Waals surface area contributed by atoms with Gasteiger partial charge in [0.25, 0.3) is 0 Å². The van der Waals surface area contributed by atoms with Crippen molar-refractivity contribution in [2.45, 2.75) is 39.2 Å². The van der Waals surface area contributed by atoms with Gasteiger partial charge in [-0.25, -0.2) is 0 Å². The van der Waals surface area contributed by atoms with E-state index in [4.69, 9.17) is 5.90 Å². The first-order valence-corrected chi connectivity index (χ1v) is 3.11. The molecule has 0 saturated heterocycles. The van der Waals surface area contributed by atoms with Crippen molar-refractivity contribution >= 4 is 0 Å². The molecule has 0 heterocycles. The molecule has 48 valence electrons. The molecule has 0 amide bonds. The summed E-state index contributed by atoms with van der Waals surface area (Å²) >= 11 is 0. The van der Waals surface area contributed by atoms with Crippen molar-refractivity contribution in [1.82, 2.24) is 5.90 Å². The minimum atomic E-state index is 0.00921. The smallest absolute Gasteiger partial charge is 0.0800 e. The van der Waals surface area contributed by atoms with Gasteiger partial charge in [-0.2, -0.15) is 0 Å². The van der Waals surface area contributed by atoms with Crippen molar-refractivity contribution in [2.75, 3.05) is 0 Å². The van der Waals surface area contributed by atoms with Crippen LogP contribution in [-0.2, 0) is 4.84 Å². The summed E-state index contributed by atoms with van der Waals surface area (Å²) in [5.74, 6) is 8.06. The summed E-state index contributed by atoms with van der Waals surface area (Å²) < 4.78 is 0. The van der Waals surface area contributed by atoms with Gasteiger partial charge >= 0.3 is 0 Å². The SMILES string of the molecule is CCCCC(C)O[N]. The molecule has 0 aromatic carbocycles. The molecule has 0 fully saturated rings. The van der Waals surface area contributed by atoms with Crippen molar-refractivity contribution in [3.05, 3.63) is 0 Å². The predicted molar refractivity (Wildman–Crippen MR) is 32.2 cm³/mol. The molecule has 0 aliphatic heterocycles. The predicted octanol–water partition coefficient (Wildman–Crippen LogP) is 1.57. The topological polar surface area (TPSA) is 31.5 Å². The monoisotopic (exact) mass is 115 g/mol. The number of unbranched alkanes of at least 4 members (excludes halogenated alkanes) is 1. The van der Waals surface area contributed by atoms with Crippen LogP contribution < -0.4 is 5.90 Å². The lowest BCUT2D eigenvalue weighted by Gasteiger charge is -2.02. The maximum absolute atomic E-state index is 8.06. The first-order chi connectivity index (χ1) is 3.81. The summed E-state index contributed by atoms with van der Waals surface area (Å²) in [5.41, 5.74) is 0. The molecule has 0 bridgehead atoms. The zero-order valence-corrected chi connectivity index (χ0v) is 5.55. The molecule has 2 nitrogen and oxygen atoms in total. The van der Waals surface area contributed by atoms with E-state index in [2.05, 4.69) is 11.8 Å². The van der Waals surface area contributed by atoms with E-state index in [1.165, 1.54) is 0 Å². The van der Waals surface area contributed by atoms with Gasteiger partial charge in [0.2, 0.25) is 0 Å². The van der Waals surface area contributed by atoms with Gasteiger partial charge in [-0.3, -0.25) is 4.84 Å². The molecule has 0 N–H and O–H groups in total. The summed E-state index contributed by atoms with van der Waals surface area (Å²) in [6.45, 7) is 3.97. The van der Waals surface area contributed by atoms with Crippen molar-refractivity contribution in [3.8, 4) is 0 Å². The second-order valence-corrected chi connectivity index (χ2v) is 2.06. The quantitative estimate of drug-likeness (QED) is 0.511. The van der Waals surface area contributed by atoms with Crippen LogP contribution in [0.2, 0.25) is 0 Å². The summed E-state index contributed by atoms with van der Waals surface area (Å²) in [6.07, 6.45) is 3.25. The van der Waals surface area contributed by atoms with Crippen molar-refractivity contribution in [3.63, 3.8) is 0 Å². The summed E-state index contributed by atoms with van der Waals surface area (Å²) in [6, 6.07) is 0. The molecule has 0 spiro atoms. The standard InChI is InChI=1S/C6H13NO/c1-3-4-5-6(2)8-7/h6H,3-5H2,1-2H3. The number of nitrogens with zero attached hydrogens (tertiary/aromatic N) is 1. The first-order valence-electron chi connectivity index (χ1n) is 3.11. The van der Waals surface area contributed by atoms with E-state index in [9.17, 15) is 0 Å². The lowest BCUT2D eigenvalue weighted by Crippen LogP contribution is -2.04. The Morgan fingerprint density at radius 2 is 2.25 bits per heavy atom. The fourth-order valence-corrected chi connectivity index (χ4v) is 0.544. The molecule has 0 aliphatic rings. The first kappa shape index (κ1) is 7.92. The van der Waals surface area contributed by atoms with Gasteiger partial charge in [0, 0.05) is 5.90 Å². The molecule has 0 saturated carbocycles. The molecule has 1 unspecified atom stereocenters. The Morgan fingerprint density at radius 1 is 1.62 bits per heavy atom. The molecule has 2 heteroatoms. The molecule has 1 atom stereocenters. The highest BCUT2D eigenvalue weighted by atomic mass is 16.6. The highest BCUT2D eigenvalue weighted by Crippen LogP contribution is 2.00. The molecule has 2 radical (unpaired) electrons. The van der Waals surface area contributed by atoms with E-state index in [-0.39, 0.29) is 6.10 Å². The Morgan fingerprint density at radius 3 is 2.62 bits per heavy atom. The average Bonchev–Trinajstić information content (AvgIpc) is 1.83. The van der Waals surface area contributed by atoms with Crippen LogP contribution in [0, 0.1) is 0 Å². The Labute approximate surface area is 51.0 Å². The third-order valence-electron chi connectivity index (χ3n) is 1.14. The molecular weight excluding hydrogens is 102 g/mol. The molecule has 0 aromatic heterocycles. The number of hydrogen-bond acceptors (Lipinski definition) is 1. The Kier molecular flexibility index (Phi) is 5.01. The average molecular weight is 115 g/mol. The zero-order chi connectivity index (χ0) is 6.41. The highest BCUT2D eigenvalue weighted by Gasteiger charge is 1.97. The van der Waals surface area contributed by atoms with E-state index in [0.29, 0.717) is 0 Å². The number of hydrogen-bond donors (Lipinski definition) is 0. The minimum absolute atomic E-state index is 0.00921. The van der Waals surface area contributed by atoms with Gasteiger partial charge < -0.3 is 0 Å². The van der Waals surface area contributed by atoms with Gasteiger partial charge in [0.1, 0.15) is 0 Å². The van der Waals surface area contributed by atoms with Crippen LogP contribution in [0.5, 0.6) is 0 Å². The van der Waals surface area contributed by atoms with Crippen LogP contribution >= 0.6 is 0 Å². The molecule has 0 aromatic rings. The minimum Gasteiger partial charge on any atom is -0.261 e.